The number of likely N-dealkylation sites (tertiary alicyclic amines) is 1. The maximum atomic E-state index is 13.0. The number of aryl methyl sites for hydroxylation is 1. The highest BCUT2D eigenvalue weighted by Gasteiger charge is 2.30. The third-order valence-electron chi connectivity index (χ3n) is 4.14. The number of aromatic nitrogens is 1. The van der Waals surface area contributed by atoms with Gasteiger partial charge < -0.3 is 10.0 Å². The zero-order valence-electron chi connectivity index (χ0n) is 13.2. The van der Waals surface area contributed by atoms with Gasteiger partial charge in [0.1, 0.15) is 15.7 Å². The first-order chi connectivity index (χ1) is 11.5. The molecule has 1 unspecified atom stereocenters. The number of rotatable bonds is 3. The number of nitrogens with zero attached hydrogens (tertiary/aromatic N) is 2. The van der Waals surface area contributed by atoms with E-state index in [9.17, 15) is 14.0 Å². The van der Waals surface area contributed by atoms with Gasteiger partial charge in [-0.25, -0.2) is 9.37 Å². The van der Waals surface area contributed by atoms with Gasteiger partial charge in [-0.3, -0.25) is 9.59 Å². The quantitative estimate of drug-likeness (QED) is 0.925. The number of thiazole rings is 1. The lowest BCUT2D eigenvalue weighted by atomic mass is 9.98. The second-order valence-electron chi connectivity index (χ2n) is 5.87. The van der Waals surface area contributed by atoms with Crippen molar-refractivity contribution in [3.8, 4) is 10.6 Å². The van der Waals surface area contributed by atoms with Crippen LogP contribution in [0.1, 0.15) is 28.2 Å². The molecule has 0 radical (unpaired) electrons. The van der Waals surface area contributed by atoms with E-state index in [1.54, 1.807) is 24.0 Å². The van der Waals surface area contributed by atoms with Crippen molar-refractivity contribution >= 4 is 23.2 Å². The average Bonchev–Trinajstić information content (AvgIpc) is 2.96. The minimum Gasteiger partial charge on any atom is -0.481 e. The fourth-order valence-electron chi connectivity index (χ4n) is 2.82. The minimum atomic E-state index is -0.861. The molecule has 0 aliphatic carbocycles. The molecule has 0 saturated carbocycles. The summed E-state index contributed by atoms with van der Waals surface area (Å²) >= 11 is 1.26. The maximum absolute atomic E-state index is 13.0. The first-order valence-corrected chi connectivity index (χ1v) is 8.53. The summed E-state index contributed by atoms with van der Waals surface area (Å²) in [6, 6.07) is 5.97. The summed E-state index contributed by atoms with van der Waals surface area (Å²) in [5.74, 6) is -1.87. The van der Waals surface area contributed by atoms with E-state index in [0.29, 0.717) is 35.0 Å². The monoisotopic (exact) mass is 348 g/mol. The Morgan fingerprint density at radius 1 is 1.33 bits per heavy atom. The number of amides is 1. The molecule has 1 N–H and O–H groups in total. The molecule has 0 bridgehead atoms. The van der Waals surface area contributed by atoms with Crippen molar-refractivity contribution in [1.82, 2.24) is 9.88 Å². The largest absolute Gasteiger partial charge is 0.481 e. The molecule has 1 aromatic heterocycles. The van der Waals surface area contributed by atoms with Crippen molar-refractivity contribution in [1.29, 1.82) is 0 Å². The lowest BCUT2D eigenvalue weighted by molar-refractivity contribution is -0.143. The molecule has 1 amide bonds. The van der Waals surface area contributed by atoms with Crippen LogP contribution in [-0.2, 0) is 4.79 Å². The summed E-state index contributed by atoms with van der Waals surface area (Å²) in [5.41, 5.74) is 1.37. The Bertz CT molecular complexity index is 773. The minimum absolute atomic E-state index is 0.177. The summed E-state index contributed by atoms with van der Waals surface area (Å²) in [5, 5.41) is 9.82. The second-order valence-corrected chi connectivity index (χ2v) is 6.87. The van der Waals surface area contributed by atoms with Crippen molar-refractivity contribution in [3.63, 3.8) is 0 Å². The van der Waals surface area contributed by atoms with Crippen LogP contribution in [-0.4, -0.2) is 40.0 Å². The molecule has 2 heterocycles. The number of carboxylic acid groups (broad SMARTS) is 1. The van der Waals surface area contributed by atoms with Crippen molar-refractivity contribution < 1.29 is 19.1 Å². The first-order valence-electron chi connectivity index (χ1n) is 7.71. The predicted molar refractivity (Wildman–Crippen MR) is 88.5 cm³/mol. The van der Waals surface area contributed by atoms with Crippen molar-refractivity contribution in [2.24, 2.45) is 5.92 Å². The van der Waals surface area contributed by atoms with Crippen LogP contribution >= 0.6 is 11.3 Å². The Labute approximate surface area is 142 Å². The fourth-order valence-corrected chi connectivity index (χ4v) is 3.86. The number of piperidine rings is 1. The summed E-state index contributed by atoms with van der Waals surface area (Å²) in [4.78, 5) is 30.4. The molecule has 126 valence electrons. The van der Waals surface area contributed by atoms with E-state index in [1.807, 2.05) is 0 Å². The summed E-state index contributed by atoms with van der Waals surface area (Å²) in [6.45, 7) is 2.55. The average molecular weight is 348 g/mol. The van der Waals surface area contributed by atoms with Gasteiger partial charge in [0.15, 0.2) is 0 Å². The van der Waals surface area contributed by atoms with E-state index in [1.165, 1.54) is 23.5 Å². The third-order valence-corrected chi connectivity index (χ3v) is 5.33. The Morgan fingerprint density at radius 3 is 2.71 bits per heavy atom. The number of hydrogen-bond donors (Lipinski definition) is 1. The van der Waals surface area contributed by atoms with Gasteiger partial charge in [0.05, 0.1) is 11.6 Å². The van der Waals surface area contributed by atoms with Crippen molar-refractivity contribution in [2.45, 2.75) is 19.8 Å². The highest BCUT2D eigenvalue weighted by atomic mass is 32.1. The number of hydrogen-bond acceptors (Lipinski definition) is 4. The highest BCUT2D eigenvalue weighted by Crippen LogP contribution is 2.30. The maximum Gasteiger partial charge on any atom is 0.308 e. The highest BCUT2D eigenvalue weighted by molar-refractivity contribution is 7.17. The van der Waals surface area contributed by atoms with Crippen LogP contribution in [0, 0.1) is 18.7 Å². The number of benzene rings is 1. The van der Waals surface area contributed by atoms with Crippen LogP contribution in [0.3, 0.4) is 0 Å². The van der Waals surface area contributed by atoms with E-state index in [2.05, 4.69) is 4.98 Å². The zero-order chi connectivity index (χ0) is 17.3. The molecule has 7 heteroatoms. The van der Waals surface area contributed by atoms with Crippen molar-refractivity contribution in [2.75, 3.05) is 13.1 Å². The van der Waals surface area contributed by atoms with Crippen molar-refractivity contribution in [3.05, 3.63) is 40.7 Å². The molecule has 1 aliphatic rings. The van der Waals surface area contributed by atoms with E-state index in [-0.39, 0.29) is 18.3 Å². The van der Waals surface area contributed by atoms with Gasteiger partial charge in [0, 0.05) is 18.7 Å². The van der Waals surface area contributed by atoms with Crippen LogP contribution in [0.15, 0.2) is 24.3 Å². The molecule has 1 aromatic carbocycles. The predicted octanol–water partition coefficient (Wildman–Crippen LogP) is 3.19. The van der Waals surface area contributed by atoms with Gasteiger partial charge >= 0.3 is 5.97 Å². The number of carbonyl (C=O) groups excluding carboxylic acids is 1. The smallest absolute Gasteiger partial charge is 0.308 e. The summed E-state index contributed by atoms with van der Waals surface area (Å²) < 4.78 is 13.0. The molecule has 3 rings (SSSR count). The Kier molecular flexibility index (Phi) is 4.62. The molecule has 1 saturated heterocycles. The SMILES string of the molecule is Cc1nc(-c2ccc(F)cc2)sc1C(=O)N1CCCC(C(=O)O)C1. The number of halogens is 1. The second kappa shape index (κ2) is 6.68. The lowest BCUT2D eigenvalue weighted by Gasteiger charge is -2.30. The lowest BCUT2D eigenvalue weighted by Crippen LogP contribution is -2.42. The first kappa shape index (κ1) is 16.6. The summed E-state index contributed by atoms with van der Waals surface area (Å²) in [7, 11) is 0. The van der Waals surface area contributed by atoms with E-state index in [4.69, 9.17) is 5.11 Å². The van der Waals surface area contributed by atoms with Gasteiger partial charge in [-0.1, -0.05) is 0 Å². The molecule has 5 nitrogen and oxygen atoms in total. The molecule has 1 fully saturated rings. The Morgan fingerprint density at radius 2 is 2.04 bits per heavy atom. The molecule has 1 atom stereocenters. The van der Waals surface area contributed by atoms with Crippen LogP contribution < -0.4 is 0 Å². The Balaban J connectivity index is 1.83. The van der Waals surface area contributed by atoms with Gasteiger partial charge in [0.2, 0.25) is 0 Å². The molecule has 2 aromatic rings. The molecular weight excluding hydrogens is 331 g/mol. The van der Waals surface area contributed by atoms with Gasteiger partial charge in [-0.15, -0.1) is 11.3 Å². The van der Waals surface area contributed by atoms with Crippen LogP contribution in [0.4, 0.5) is 4.39 Å². The van der Waals surface area contributed by atoms with Crippen LogP contribution in [0.25, 0.3) is 10.6 Å². The normalized spacial score (nSPS) is 17.8. The summed E-state index contributed by atoms with van der Waals surface area (Å²) in [6.07, 6.45) is 1.28. The molecule has 24 heavy (non-hydrogen) atoms. The molecular formula is C17H17FN2O3S. The van der Waals surface area contributed by atoms with E-state index >= 15 is 0 Å². The number of carbonyl (C=O) groups is 2. The van der Waals surface area contributed by atoms with E-state index in [0.717, 1.165) is 5.56 Å². The molecule has 0 spiro atoms. The van der Waals surface area contributed by atoms with Gasteiger partial charge in [-0.05, 0) is 44.0 Å². The third kappa shape index (κ3) is 3.31. The standard InChI is InChI=1S/C17H17FN2O3S/c1-10-14(16(21)20-8-2-3-12(9-20)17(22)23)24-15(19-10)11-4-6-13(18)7-5-11/h4-7,12H,2-3,8-9H2,1H3,(H,22,23). The number of carboxylic acids is 1. The van der Waals surface area contributed by atoms with Crippen LogP contribution in [0.2, 0.25) is 0 Å². The zero-order valence-corrected chi connectivity index (χ0v) is 14.0. The van der Waals surface area contributed by atoms with Gasteiger partial charge in [0.25, 0.3) is 5.91 Å². The Hall–Kier alpha value is -2.28. The fraction of sp³-hybridized carbons (Fsp3) is 0.353. The van der Waals surface area contributed by atoms with E-state index < -0.39 is 11.9 Å². The van der Waals surface area contributed by atoms with Crippen LogP contribution in [0.5, 0.6) is 0 Å². The topological polar surface area (TPSA) is 70.5 Å². The molecule has 1 aliphatic heterocycles. The number of aliphatic carboxylic acids is 1. The van der Waals surface area contributed by atoms with Gasteiger partial charge in [-0.2, -0.15) is 0 Å².